The molecule has 0 aromatic heterocycles. The molecule has 0 spiro atoms. The van der Waals surface area contributed by atoms with Gasteiger partial charge in [0.1, 0.15) is 0 Å². The molecule has 1 aromatic rings. The Kier molecular flexibility index (Phi) is 5.82. The number of hydrogen-bond donors (Lipinski definition) is 2. The Hall–Kier alpha value is -1.39. The van der Waals surface area contributed by atoms with E-state index >= 15 is 0 Å². The third-order valence-electron chi connectivity index (χ3n) is 2.89. The van der Waals surface area contributed by atoms with Crippen LogP contribution in [0.25, 0.3) is 0 Å². The summed E-state index contributed by atoms with van der Waals surface area (Å²) in [7, 11) is 0. The monoisotopic (exact) mass is 251 g/mol. The molecule has 2 N–H and O–H groups in total. The summed E-state index contributed by atoms with van der Waals surface area (Å²) in [5, 5.41) is 17.8. The summed E-state index contributed by atoms with van der Waals surface area (Å²) in [5.41, 5.74) is 1.31. The number of carboxylic acid groups (broad SMARTS) is 1. The van der Waals surface area contributed by atoms with Crippen LogP contribution in [0.3, 0.4) is 0 Å². The van der Waals surface area contributed by atoms with Crippen LogP contribution >= 0.6 is 0 Å². The van der Waals surface area contributed by atoms with Crippen LogP contribution in [0.2, 0.25) is 0 Å². The summed E-state index contributed by atoms with van der Waals surface area (Å²) < 4.78 is 0. The zero-order valence-electron chi connectivity index (χ0n) is 11.0. The Morgan fingerprint density at radius 2 is 2.11 bits per heavy atom. The van der Waals surface area contributed by atoms with Gasteiger partial charge in [0.2, 0.25) is 0 Å². The number of carboxylic acids is 1. The fourth-order valence-electron chi connectivity index (χ4n) is 1.83. The molecule has 0 fully saturated rings. The quantitative estimate of drug-likeness (QED) is 0.778. The fraction of sp³-hybridized carbons (Fsp3) is 0.500. The van der Waals surface area contributed by atoms with Gasteiger partial charge in [0.25, 0.3) is 0 Å². The van der Waals surface area contributed by atoms with E-state index in [2.05, 4.69) is 18.7 Å². The molecule has 0 atom stereocenters. The van der Waals surface area contributed by atoms with Gasteiger partial charge in [-0.2, -0.15) is 0 Å². The molecule has 0 heterocycles. The average Bonchev–Trinajstić information content (AvgIpc) is 2.34. The van der Waals surface area contributed by atoms with Gasteiger partial charge in [-0.25, -0.2) is 4.79 Å². The van der Waals surface area contributed by atoms with Crippen molar-refractivity contribution < 1.29 is 15.0 Å². The molecule has 0 bridgehead atoms. The lowest BCUT2D eigenvalue weighted by atomic mass is 10.1. The Morgan fingerprint density at radius 3 is 2.67 bits per heavy atom. The molecule has 0 aliphatic heterocycles. The van der Waals surface area contributed by atoms with E-state index in [-0.39, 0.29) is 6.61 Å². The fourth-order valence-corrected chi connectivity index (χ4v) is 1.83. The Morgan fingerprint density at radius 1 is 1.39 bits per heavy atom. The summed E-state index contributed by atoms with van der Waals surface area (Å²) in [4.78, 5) is 13.1. The van der Waals surface area contributed by atoms with Crippen molar-refractivity contribution in [3.05, 3.63) is 35.4 Å². The second-order valence-electron chi connectivity index (χ2n) is 4.65. The van der Waals surface area contributed by atoms with Crippen molar-refractivity contribution in [2.45, 2.75) is 32.9 Å². The molecule has 0 unspecified atom stereocenters. The summed E-state index contributed by atoms with van der Waals surface area (Å²) in [6, 6.07) is 7.37. The van der Waals surface area contributed by atoms with E-state index in [1.807, 2.05) is 6.07 Å². The Bertz CT molecular complexity index is 390. The summed E-state index contributed by atoms with van der Waals surface area (Å²) in [6.07, 6.45) is 0.733. The van der Waals surface area contributed by atoms with E-state index in [0.717, 1.165) is 18.5 Å². The van der Waals surface area contributed by atoms with E-state index < -0.39 is 5.97 Å². The van der Waals surface area contributed by atoms with E-state index in [1.54, 1.807) is 18.2 Å². The van der Waals surface area contributed by atoms with Crippen LogP contribution in [0.15, 0.2) is 24.3 Å². The lowest BCUT2D eigenvalue weighted by Crippen LogP contribution is -2.31. The zero-order valence-corrected chi connectivity index (χ0v) is 11.0. The molecule has 0 aliphatic rings. The van der Waals surface area contributed by atoms with Crippen LogP contribution in [0.4, 0.5) is 0 Å². The van der Waals surface area contributed by atoms with Gasteiger partial charge in [-0.1, -0.05) is 12.1 Å². The van der Waals surface area contributed by atoms with E-state index in [4.69, 9.17) is 10.2 Å². The average molecular weight is 251 g/mol. The number of aliphatic hydroxyl groups excluding tert-OH is 1. The molecular formula is C14H21NO3. The molecule has 18 heavy (non-hydrogen) atoms. The molecule has 4 heteroatoms. The van der Waals surface area contributed by atoms with Crippen LogP contribution in [0.1, 0.15) is 36.2 Å². The van der Waals surface area contributed by atoms with Gasteiger partial charge in [-0.15, -0.1) is 0 Å². The minimum atomic E-state index is -0.900. The highest BCUT2D eigenvalue weighted by Crippen LogP contribution is 2.11. The lowest BCUT2D eigenvalue weighted by Gasteiger charge is -2.26. The molecule has 0 radical (unpaired) electrons. The van der Waals surface area contributed by atoms with Gasteiger partial charge in [0.15, 0.2) is 0 Å². The molecule has 1 rings (SSSR count). The Labute approximate surface area is 108 Å². The second-order valence-corrected chi connectivity index (χ2v) is 4.65. The molecule has 0 saturated heterocycles. The topological polar surface area (TPSA) is 60.8 Å². The lowest BCUT2D eigenvalue weighted by molar-refractivity contribution is 0.0696. The predicted octanol–water partition coefficient (Wildman–Crippen LogP) is 1.98. The van der Waals surface area contributed by atoms with Crippen molar-refractivity contribution in [2.24, 2.45) is 0 Å². The van der Waals surface area contributed by atoms with Crippen molar-refractivity contribution in [2.75, 3.05) is 13.2 Å². The first-order valence-electron chi connectivity index (χ1n) is 6.21. The SMILES string of the molecule is CC(C)N(CCCO)Cc1cccc(C(=O)O)c1. The number of rotatable bonds is 7. The second kappa shape index (κ2) is 7.13. The van der Waals surface area contributed by atoms with Crippen LogP contribution in [0, 0.1) is 0 Å². The third kappa shape index (κ3) is 4.47. The molecular weight excluding hydrogens is 230 g/mol. The van der Waals surface area contributed by atoms with Gasteiger partial charge < -0.3 is 10.2 Å². The predicted molar refractivity (Wildman–Crippen MR) is 70.7 cm³/mol. The normalized spacial score (nSPS) is 11.2. The molecule has 1 aromatic carbocycles. The van der Waals surface area contributed by atoms with Gasteiger partial charge in [0, 0.05) is 25.7 Å². The van der Waals surface area contributed by atoms with Gasteiger partial charge >= 0.3 is 5.97 Å². The Balaban J connectivity index is 2.73. The highest BCUT2D eigenvalue weighted by atomic mass is 16.4. The maximum absolute atomic E-state index is 10.9. The number of benzene rings is 1. The summed E-state index contributed by atoms with van der Waals surface area (Å²) >= 11 is 0. The molecule has 4 nitrogen and oxygen atoms in total. The first kappa shape index (κ1) is 14.7. The van der Waals surface area contributed by atoms with Crippen LogP contribution in [-0.4, -0.2) is 40.3 Å². The van der Waals surface area contributed by atoms with Crippen molar-refractivity contribution in [1.82, 2.24) is 4.90 Å². The number of carbonyl (C=O) groups is 1. The minimum Gasteiger partial charge on any atom is -0.478 e. The van der Waals surface area contributed by atoms with Crippen LogP contribution in [0.5, 0.6) is 0 Å². The zero-order chi connectivity index (χ0) is 13.5. The number of hydrogen-bond acceptors (Lipinski definition) is 3. The van der Waals surface area contributed by atoms with Crippen molar-refractivity contribution in [3.8, 4) is 0 Å². The molecule has 0 aliphatic carbocycles. The van der Waals surface area contributed by atoms with E-state index in [9.17, 15) is 4.79 Å². The van der Waals surface area contributed by atoms with Crippen molar-refractivity contribution in [3.63, 3.8) is 0 Å². The highest BCUT2D eigenvalue weighted by Gasteiger charge is 2.11. The van der Waals surface area contributed by atoms with Crippen molar-refractivity contribution >= 4 is 5.97 Å². The summed E-state index contributed by atoms with van der Waals surface area (Å²) in [6.45, 7) is 5.89. The molecule has 0 saturated carbocycles. The van der Waals surface area contributed by atoms with E-state index in [1.165, 1.54) is 0 Å². The largest absolute Gasteiger partial charge is 0.478 e. The van der Waals surface area contributed by atoms with Gasteiger partial charge in [0.05, 0.1) is 5.56 Å². The molecule has 0 amide bonds. The first-order valence-corrected chi connectivity index (χ1v) is 6.21. The van der Waals surface area contributed by atoms with Gasteiger partial charge in [-0.05, 0) is 38.0 Å². The number of aliphatic hydroxyl groups is 1. The summed E-state index contributed by atoms with van der Waals surface area (Å²) in [5.74, 6) is -0.900. The highest BCUT2D eigenvalue weighted by molar-refractivity contribution is 5.87. The van der Waals surface area contributed by atoms with Crippen LogP contribution in [-0.2, 0) is 6.54 Å². The maximum atomic E-state index is 10.9. The number of nitrogens with zero attached hydrogens (tertiary/aromatic N) is 1. The number of aromatic carboxylic acids is 1. The first-order chi connectivity index (χ1) is 8.54. The minimum absolute atomic E-state index is 0.179. The third-order valence-corrected chi connectivity index (χ3v) is 2.89. The van der Waals surface area contributed by atoms with Crippen molar-refractivity contribution in [1.29, 1.82) is 0 Å². The standard InChI is InChI=1S/C14H21NO3/c1-11(2)15(7-4-8-16)10-12-5-3-6-13(9-12)14(17)18/h3,5-6,9,11,16H,4,7-8,10H2,1-2H3,(H,17,18). The maximum Gasteiger partial charge on any atom is 0.335 e. The van der Waals surface area contributed by atoms with Gasteiger partial charge in [-0.3, -0.25) is 4.90 Å². The van der Waals surface area contributed by atoms with E-state index in [0.29, 0.717) is 18.2 Å². The smallest absolute Gasteiger partial charge is 0.335 e. The molecule has 100 valence electrons. The van der Waals surface area contributed by atoms with Crippen LogP contribution < -0.4 is 0 Å².